The van der Waals surface area contributed by atoms with E-state index in [1.807, 2.05) is 0 Å². The van der Waals surface area contributed by atoms with Crippen LogP contribution in [0, 0.1) is 11.6 Å². The van der Waals surface area contributed by atoms with Crippen LogP contribution in [0.4, 0.5) is 13.2 Å². The topological polar surface area (TPSA) is 57.6 Å². The van der Waals surface area contributed by atoms with Gasteiger partial charge in [0.2, 0.25) is 5.67 Å². The van der Waals surface area contributed by atoms with E-state index in [0.717, 1.165) is 17.0 Å². The van der Waals surface area contributed by atoms with Crippen LogP contribution in [0.1, 0.15) is 16.8 Å². The molecule has 2 rings (SSSR count). The van der Waals surface area contributed by atoms with E-state index in [4.69, 9.17) is 5.11 Å². The van der Waals surface area contributed by atoms with E-state index < -0.39 is 41.3 Å². The van der Waals surface area contributed by atoms with Crippen LogP contribution >= 0.6 is 0 Å². The van der Waals surface area contributed by atoms with Gasteiger partial charge in [-0.25, -0.2) is 18.0 Å². The van der Waals surface area contributed by atoms with Crippen LogP contribution in [0.3, 0.4) is 0 Å². The number of carboxylic acids is 1. The summed E-state index contributed by atoms with van der Waals surface area (Å²) >= 11 is 0. The Morgan fingerprint density at radius 1 is 1.32 bits per heavy atom. The van der Waals surface area contributed by atoms with Crippen molar-refractivity contribution in [1.82, 2.24) is 4.90 Å². The summed E-state index contributed by atoms with van der Waals surface area (Å²) in [6, 6.07) is 2.35. The first-order valence-electron chi connectivity index (χ1n) is 5.50. The fourth-order valence-corrected chi connectivity index (χ4v) is 1.95. The van der Waals surface area contributed by atoms with E-state index >= 15 is 0 Å². The van der Waals surface area contributed by atoms with Crippen LogP contribution in [0.2, 0.25) is 0 Å². The average molecular weight is 273 g/mol. The molecule has 0 bridgehead atoms. The molecule has 1 heterocycles. The Labute approximate surface area is 106 Å². The van der Waals surface area contributed by atoms with Crippen molar-refractivity contribution in [2.45, 2.75) is 12.1 Å². The number of aliphatic carboxylic acids is 1. The van der Waals surface area contributed by atoms with E-state index in [9.17, 15) is 22.8 Å². The number of hydrogen-bond donors (Lipinski definition) is 1. The number of carbonyl (C=O) groups is 2. The van der Waals surface area contributed by atoms with Crippen molar-refractivity contribution in [2.24, 2.45) is 0 Å². The highest BCUT2D eigenvalue weighted by molar-refractivity contribution is 5.95. The molecule has 0 spiro atoms. The molecule has 0 aromatic heterocycles. The van der Waals surface area contributed by atoms with E-state index in [1.165, 1.54) is 0 Å². The quantitative estimate of drug-likeness (QED) is 0.890. The van der Waals surface area contributed by atoms with Gasteiger partial charge in [-0.3, -0.25) is 4.79 Å². The zero-order chi connectivity index (χ0) is 14.2. The number of carbonyl (C=O) groups excluding carboxylic acids is 1. The lowest BCUT2D eigenvalue weighted by atomic mass is 10.1. The lowest BCUT2D eigenvalue weighted by molar-refractivity contribution is -0.149. The molecule has 4 nitrogen and oxygen atoms in total. The molecule has 0 saturated carbocycles. The molecule has 1 amide bonds. The third kappa shape index (κ3) is 2.40. The van der Waals surface area contributed by atoms with Gasteiger partial charge in [-0.15, -0.1) is 0 Å². The molecular weight excluding hydrogens is 263 g/mol. The highest BCUT2D eigenvalue weighted by atomic mass is 19.1. The molecule has 1 atom stereocenters. The summed E-state index contributed by atoms with van der Waals surface area (Å²) in [7, 11) is 0. The second-order valence-corrected chi connectivity index (χ2v) is 4.37. The fraction of sp³-hybridized carbons (Fsp3) is 0.333. The van der Waals surface area contributed by atoms with Gasteiger partial charge in [0.25, 0.3) is 5.91 Å². The van der Waals surface area contributed by atoms with Crippen molar-refractivity contribution in [1.29, 1.82) is 0 Å². The van der Waals surface area contributed by atoms with Gasteiger partial charge in [0, 0.05) is 13.0 Å². The molecule has 0 aliphatic carbocycles. The minimum atomic E-state index is -2.53. The third-order valence-electron chi connectivity index (χ3n) is 3.05. The van der Waals surface area contributed by atoms with Gasteiger partial charge in [0.1, 0.15) is 11.6 Å². The van der Waals surface area contributed by atoms with Crippen LogP contribution in [0.25, 0.3) is 0 Å². The number of rotatable bonds is 2. The predicted octanol–water partition coefficient (Wildman–Crippen LogP) is 1.60. The predicted molar refractivity (Wildman–Crippen MR) is 58.4 cm³/mol. The smallest absolute Gasteiger partial charge is 0.343 e. The van der Waals surface area contributed by atoms with Crippen LogP contribution in [0.15, 0.2) is 18.2 Å². The lowest BCUT2D eigenvalue weighted by Crippen LogP contribution is -2.39. The van der Waals surface area contributed by atoms with Gasteiger partial charge in [-0.1, -0.05) is 0 Å². The monoisotopic (exact) mass is 273 g/mol. The summed E-state index contributed by atoms with van der Waals surface area (Å²) in [6.07, 6.45) is -0.370. The Balaban J connectivity index is 2.22. The second-order valence-electron chi connectivity index (χ2n) is 4.37. The van der Waals surface area contributed by atoms with E-state index in [0.29, 0.717) is 6.07 Å². The SMILES string of the molecule is O=C(c1cc(F)ccc1F)N1CCC(F)(C(=O)O)C1. The maximum atomic E-state index is 13.8. The highest BCUT2D eigenvalue weighted by Crippen LogP contribution is 2.27. The molecular formula is C12H10F3NO3. The zero-order valence-electron chi connectivity index (χ0n) is 9.70. The molecule has 7 heteroatoms. The normalized spacial score (nSPS) is 22.6. The minimum Gasteiger partial charge on any atom is -0.479 e. The number of alkyl halides is 1. The molecule has 1 unspecified atom stereocenters. The summed E-state index contributed by atoms with van der Waals surface area (Å²) in [6.45, 7) is -0.825. The van der Waals surface area contributed by atoms with E-state index in [2.05, 4.69) is 0 Å². The number of hydrogen-bond acceptors (Lipinski definition) is 2. The first-order valence-corrected chi connectivity index (χ1v) is 5.50. The molecule has 102 valence electrons. The Kier molecular flexibility index (Phi) is 3.21. The van der Waals surface area contributed by atoms with Gasteiger partial charge in [0.15, 0.2) is 0 Å². The highest BCUT2D eigenvalue weighted by Gasteiger charge is 2.47. The largest absolute Gasteiger partial charge is 0.479 e. The first-order chi connectivity index (χ1) is 8.83. The Hall–Kier alpha value is -2.05. The van der Waals surface area contributed by atoms with Crippen molar-refractivity contribution in [3.63, 3.8) is 0 Å². The number of nitrogens with zero attached hydrogens (tertiary/aromatic N) is 1. The summed E-state index contributed by atoms with van der Waals surface area (Å²) in [5, 5.41) is 8.69. The maximum absolute atomic E-state index is 13.8. The summed E-state index contributed by atoms with van der Waals surface area (Å²) < 4.78 is 40.1. The van der Waals surface area contributed by atoms with E-state index in [-0.39, 0.29) is 13.0 Å². The number of likely N-dealkylation sites (tertiary alicyclic amines) is 1. The summed E-state index contributed by atoms with van der Waals surface area (Å²) in [5.74, 6) is -4.31. The van der Waals surface area contributed by atoms with Crippen molar-refractivity contribution in [3.8, 4) is 0 Å². The minimum absolute atomic E-state index is 0.155. The fourth-order valence-electron chi connectivity index (χ4n) is 1.95. The molecule has 1 saturated heterocycles. The van der Waals surface area contributed by atoms with Crippen LogP contribution in [-0.4, -0.2) is 40.6 Å². The summed E-state index contributed by atoms with van der Waals surface area (Å²) in [4.78, 5) is 23.5. The molecule has 0 radical (unpaired) electrons. The Morgan fingerprint density at radius 3 is 2.58 bits per heavy atom. The zero-order valence-corrected chi connectivity index (χ0v) is 9.70. The van der Waals surface area contributed by atoms with Gasteiger partial charge >= 0.3 is 5.97 Å². The van der Waals surface area contributed by atoms with Crippen LogP contribution in [0.5, 0.6) is 0 Å². The Morgan fingerprint density at radius 2 is 2.00 bits per heavy atom. The molecule has 19 heavy (non-hydrogen) atoms. The standard InChI is InChI=1S/C12H10F3NO3/c13-7-1-2-9(14)8(5-7)10(17)16-4-3-12(15,6-16)11(18)19/h1-2,5H,3-4,6H2,(H,18,19). The molecule has 1 fully saturated rings. The van der Waals surface area contributed by atoms with Gasteiger partial charge in [-0.05, 0) is 18.2 Å². The van der Waals surface area contributed by atoms with E-state index in [1.54, 1.807) is 0 Å². The Bertz CT molecular complexity index is 549. The number of carboxylic acid groups (broad SMARTS) is 1. The molecule has 1 N–H and O–H groups in total. The van der Waals surface area contributed by atoms with Gasteiger partial charge < -0.3 is 10.0 Å². The van der Waals surface area contributed by atoms with Crippen molar-refractivity contribution >= 4 is 11.9 Å². The second kappa shape index (κ2) is 4.56. The molecule has 1 aromatic rings. The van der Waals surface area contributed by atoms with Crippen LogP contribution in [-0.2, 0) is 4.79 Å². The number of amides is 1. The number of halogens is 3. The molecule has 1 aliphatic heterocycles. The molecule has 1 aromatic carbocycles. The van der Waals surface area contributed by atoms with Crippen LogP contribution < -0.4 is 0 Å². The maximum Gasteiger partial charge on any atom is 0.343 e. The number of benzene rings is 1. The lowest BCUT2D eigenvalue weighted by Gasteiger charge is -2.18. The summed E-state index contributed by atoms with van der Waals surface area (Å²) in [5.41, 5.74) is -3.06. The van der Waals surface area contributed by atoms with Crippen molar-refractivity contribution in [3.05, 3.63) is 35.4 Å². The van der Waals surface area contributed by atoms with Crippen molar-refractivity contribution in [2.75, 3.05) is 13.1 Å². The van der Waals surface area contributed by atoms with Gasteiger partial charge in [0.05, 0.1) is 12.1 Å². The molecule has 1 aliphatic rings. The van der Waals surface area contributed by atoms with Crippen molar-refractivity contribution < 1.29 is 27.9 Å². The third-order valence-corrected chi connectivity index (χ3v) is 3.05. The first kappa shape index (κ1) is 13.4. The van der Waals surface area contributed by atoms with Gasteiger partial charge in [-0.2, -0.15) is 0 Å². The average Bonchev–Trinajstić information content (AvgIpc) is 2.76.